The average Bonchev–Trinajstić information content (AvgIpc) is 2.88. The molecule has 0 saturated heterocycles. The Balaban J connectivity index is 1.47. The summed E-state index contributed by atoms with van der Waals surface area (Å²) < 4.78 is 25.8. The first kappa shape index (κ1) is 26.5. The second-order valence-corrected chi connectivity index (χ2v) is 10.6. The van der Waals surface area contributed by atoms with Crippen molar-refractivity contribution in [3.63, 3.8) is 0 Å². The Labute approximate surface area is 217 Å². The monoisotopic (exact) mass is 523 g/mol. The number of benzene rings is 3. The standard InChI is InChI=1S/C28H30FN3O4S/c29-21-13-15-23(16-14-21)31-27(34)18-37(36)19-28(35)32(17-26(33)30-22-9-2-1-3-10-22)25-12-6-8-20-7-4-5-11-24(20)25/h4-8,11-16,22H,1-3,9-10,17-19H2,(H,30,33)(H,31,34)/t37-/m1/s1. The number of hydrogen-bond donors (Lipinski definition) is 2. The number of anilines is 2. The third-order valence-electron chi connectivity index (χ3n) is 6.33. The number of amides is 3. The quantitative estimate of drug-likeness (QED) is 0.441. The van der Waals surface area contributed by atoms with Gasteiger partial charge in [0.25, 0.3) is 0 Å². The number of nitrogens with one attached hydrogen (secondary N) is 2. The van der Waals surface area contributed by atoms with E-state index in [0.29, 0.717) is 11.4 Å². The molecule has 0 aromatic heterocycles. The first-order valence-electron chi connectivity index (χ1n) is 12.4. The number of carbonyl (C=O) groups is 3. The second kappa shape index (κ2) is 12.6. The molecule has 0 unspecified atom stereocenters. The van der Waals surface area contributed by atoms with Crippen LogP contribution in [0.5, 0.6) is 0 Å². The van der Waals surface area contributed by atoms with Gasteiger partial charge in [0.05, 0.1) is 5.69 Å². The largest absolute Gasteiger partial charge is 0.352 e. The van der Waals surface area contributed by atoms with Gasteiger partial charge in [-0.15, -0.1) is 0 Å². The Morgan fingerprint density at radius 2 is 1.57 bits per heavy atom. The summed E-state index contributed by atoms with van der Waals surface area (Å²) in [5, 5.41) is 7.29. The van der Waals surface area contributed by atoms with Gasteiger partial charge in [-0.1, -0.05) is 55.7 Å². The maximum atomic E-state index is 13.4. The minimum absolute atomic E-state index is 0.0926. The zero-order valence-electron chi connectivity index (χ0n) is 20.5. The topological polar surface area (TPSA) is 95.6 Å². The van der Waals surface area contributed by atoms with Gasteiger partial charge < -0.3 is 15.5 Å². The van der Waals surface area contributed by atoms with Crippen molar-refractivity contribution >= 4 is 50.7 Å². The third kappa shape index (κ3) is 7.45. The Bertz CT molecular complexity index is 1290. The van der Waals surface area contributed by atoms with Crippen molar-refractivity contribution < 1.29 is 23.0 Å². The van der Waals surface area contributed by atoms with Gasteiger partial charge in [-0.2, -0.15) is 0 Å². The molecule has 0 radical (unpaired) electrons. The van der Waals surface area contributed by atoms with E-state index in [4.69, 9.17) is 0 Å². The van der Waals surface area contributed by atoms with Crippen LogP contribution in [0.15, 0.2) is 66.7 Å². The van der Waals surface area contributed by atoms with Crippen LogP contribution in [-0.2, 0) is 25.2 Å². The number of carbonyl (C=O) groups excluding carboxylic acids is 3. The fraction of sp³-hybridized carbons (Fsp3) is 0.321. The van der Waals surface area contributed by atoms with Gasteiger partial charge in [0, 0.05) is 27.9 Å². The van der Waals surface area contributed by atoms with Crippen molar-refractivity contribution in [1.29, 1.82) is 0 Å². The molecule has 3 aromatic carbocycles. The highest BCUT2D eigenvalue weighted by atomic mass is 32.2. The third-order valence-corrected chi connectivity index (χ3v) is 7.49. The fourth-order valence-electron chi connectivity index (χ4n) is 4.56. The van der Waals surface area contributed by atoms with Crippen molar-refractivity contribution in [2.45, 2.75) is 38.1 Å². The lowest BCUT2D eigenvalue weighted by Crippen LogP contribution is -2.46. The van der Waals surface area contributed by atoms with Gasteiger partial charge in [-0.05, 0) is 48.6 Å². The minimum atomic E-state index is -1.82. The lowest BCUT2D eigenvalue weighted by molar-refractivity contribution is -0.123. The molecule has 3 aromatic rings. The Morgan fingerprint density at radius 3 is 2.32 bits per heavy atom. The van der Waals surface area contributed by atoms with E-state index in [1.807, 2.05) is 36.4 Å². The van der Waals surface area contributed by atoms with Crippen LogP contribution >= 0.6 is 0 Å². The predicted octanol–water partition coefficient (Wildman–Crippen LogP) is 4.15. The summed E-state index contributed by atoms with van der Waals surface area (Å²) in [5.74, 6) is -2.59. The predicted molar refractivity (Wildman–Crippen MR) is 144 cm³/mol. The smallest absolute Gasteiger partial charge is 0.240 e. The molecule has 4 rings (SSSR count). The lowest BCUT2D eigenvalue weighted by atomic mass is 9.95. The van der Waals surface area contributed by atoms with E-state index in [2.05, 4.69) is 10.6 Å². The summed E-state index contributed by atoms with van der Waals surface area (Å²) in [5.41, 5.74) is 0.918. The molecular weight excluding hydrogens is 493 g/mol. The van der Waals surface area contributed by atoms with E-state index in [-0.39, 0.29) is 18.5 Å². The van der Waals surface area contributed by atoms with E-state index in [1.165, 1.54) is 29.2 Å². The molecule has 1 aliphatic rings. The lowest BCUT2D eigenvalue weighted by Gasteiger charge is -2.27. The van der Waals surface area contributed by atoms with Crippen molar-refractivity contribution in [2.24, 2.45) is 0 Å². The van der Waals surface area contributed by atoms with Crippen LogP contribution in [0.3, 0.4) is 0 Å². The molecule has 1 saturated carbocycles. The van der Waals surface area contributed by atoms with Crippen LogP contribution in [-0.4, -0.2) is 46.0 Å². The summed E-state index contributed by atoms with van der Waals surface area (Å²) in [6.07, 6.45) is 5.13. The second-order valence-electron chi connectivity index (χ2n) is 9.16. The molecule has 3 amide bonds. The van der Waals surface area contributed by atoms with E-state index in [1.54, 1.807) is 6.07 Å². The van der Waals surface area contributed by atoms with E-state index in [9.17, 15) is 23.0 Å². The van der Waals surface area contributed by atoms with E-state index in [0.717, 1.165) is 42.9 Å². The number of fused-ring (bicyclic) bond motifs is 1. The molecule has 9 heteroatoms. The molecular formula is C28H30FN3O4S. The highest BCUT2D eigenvalue weighted by Gasteiger charge is 2.25. The highest BCUT2D eigenvalue weighted by molar-refractivity contribution is 7.86. The molecule has 0 aliphatic heterocycles. The molecule has 37 heavy (non-hydrogen) atoms. The molecule has 1 atom stereocenters. The molecule has 0 heterocycles. The number of rotatable bonds is 9. The van der Waals surface area contributed by atoms with Gasteiger partial charge in [0.15, 0.2) is 0 Å². The molecule has 0 bridgehead atoms. The van der Waals surface area contributed by atoms with Crippen LogP contribution in [0.4, 0.5) is 15.8 Å². The zero-order valence-corrected chi connectivity index (χ0v) is 21.3. The van der Waals surface area contributed by atoms with Gasteiger partial charge in [-0.3, -0.25) is 18.6 Å². The van der Waals surface area contributed by atoms with Crippen LogP contribution in [0.25, 0.3) is 10.8 Å². The molecule has 1 fully saturated rings. The zero-order chi connectivity index (χ0) is 26.2. The van der Waals surface area contributed by atoms with Gasteiger partial charge in [0.1, 0.15) is 23.9 Å². The molecule has 0 spiro atoms. The summed E-state index contributed by atoms with van der Waals surface area (Å²) in [6.45, 7) is -0.206. The number of nitrogens with zero attached hydrogens (tertiary/aromatic N) is 1. The molecule has 7 nitrogen and oxygen atoms in total. The molecule has 194 valence electrons. The van der Waals surface area contributed by atoms with Crippen molar-refractivity contribution in [3.05, 3.63) is 72.5 Å². The molecule has 2 N–H and O–H groups in total. The van der Waals surface area contributed by atoms with Crippen LogP contribution in [0.2, 0.25) is 0 Å². The Kier molecular flexibility index (Phi) is 9.00. The van der Waals surface area contributed by atoms with Crippen LogP contribution in [0, 0.1) is 5.82 Å². The Morgan fingerprint density at radius 1 is 0.865 bits per heavy atom. The van der Waals surface area contributed by atoms with Gasteiger partial charge in [0.2, 0.25) is 17.7 Å². The minimum Gasteiger partial charge on any atom is -0.352 e. The fourth-order valence-corrected chi connectivity index (χ4v) is 5.46. The summed E-state index contributed by atoms with van der Waals surface area (Å²) in [6, 6.07) is 18.3. The van der Waals surface area contributed by atoms with Crippen molar-refractivity contribution in [2.75, 3.05) is 28.3 Å². The van der Waals surface area contributed by atoms with Crippen molar-refractivity contribution in [1.82, 2.24) is 5.32 Å². The maximum Gasteiger partial charge on any atom is 0.240 e. The Hall–Kier alpha value is -3.59. The summed E-state index contributed by atoms with van der Waals surface area (Å²) >= 11 is 0. The van der Waals surface area contributed by atoms with Gasteiger partial charge in [-0.25, -0.2) is 4.39 Å². The average molecular weight is 524 g/mol. The number of halogens is 1. The maximum absolute atomic E-state index is 13.4. The van der Waals surface area contributed by atoms with E-state index >= 15 is 0 Å². The summed E-state index contributed by atoms with van der Waals surface area (Å²) in [7, 11) is -1.82. The normalized spacial score (nSPS) is 14.6. The number of hydrogen-bond acceptors (Lipinski definition) is 4. The van der Waals surface area contributed by atoms with Gasteiger partial charge >= 0.3 is 0 Å². The SMILES string of the molecule is O=C(C[S@@](=O)CC(=O)N(CC(=O)NC1CCCCC1)c1cccc2ccccc12)Nc1ccc(F)cc1. The first-order chi connectivity index (χ1) is 17.9. The summed E-state index contributed by atoms with van der Waals surface area (Å²) in [4.78, 5) is 40.0. The van der Waals surface area contributed by atoms with E-state index < -0.39 is 39.9 Å². The van der Waals surface area contributed by atoms with Crippen LogP contribution < -0.4 is 15.5 Å². The van der Waals surface area contributed by atoms with Crippen molar-refractivity contribution in [3.8, 4) is 0 Å². The first-order valence-corrected chi connectivity index (χ1v) is 13.9. The molecule has 1 aliphatic carbocycles. The highest BCUT2D eigenvalue weighted by Crippen LogP contribution is 2.27. The van der Waals surface area contributed by atoms with Crippen LogP contribution in [0.1, 0.15) is 32.1 Å².